The van der Waals surface area contributed by atoms with Crippen LogP contribution in [0.1, 0.15) is 30.6 Å². The lowest BCUT2D eigenvalue weighted by atomic mass is 10.1. The van der Waals surface area contributed by atoms with Crippen molar-refractivity contribution in [3.05, 3.63) is 38.3 Å². The third-order valence-corrected chi connectivity index (χ3v) is 2.89. The zero-order valence-corrected chi connectivity index (χ0v) is 12.2. The number of aliphatic hydroxyl groups is 1. The van der Waals surface area contributed by atoms with E-state index in [-0.39, 0.29) is 17.3 Å². The van der Waals surface area contributed by atoms with Crippen LogP contribution >= 0.6 is 15.9 Å². The Kier molecular flexibility index (Phi) is 5.44. The van der Waals surface area contributed by atoms with E-state index in [4.69, 9.17) is 0 Å². The maximum absolute atomic E-state index is 11.9. The molecule has 0 fully saturated rings. The van der Waals surface area contributed by atoms with Crippen LogP contribution in [0.25, 0.3) is 0 Å². The van der Waals surface area contributed by atoms with Gasteiger partial charge in [0.1, 0.15) is 0 Å². The maximum Gasteiger partial charge on any atom is 0.271 e. The summed E-state index contributed by atoms with van der Waals surface area (Å²) < 4.78 is 0.468. The van der Waals surface area contributed by atoms with Crippen molar-refractivity contribution in [3.63, 3.8) is 0 Å². The molecule has 0 spiro atoms. The first-order valence-electron chi connectivity index (χ1n) is 5.73. The highest BCUT2D eigenvalue weighted by atomic mass is 79.9. The van der Waals surface area contributed by atoms with E-state index >= 15 is 0 Å². The molecular weight excluding hydrogens is 316 g/mol. The van der Waals surface area contributed by atoms with Gasteiger partial charge in [0.25, 0.3) is 11.6 Å². The van der Waals surface area contributed by atoms with E-state index in [1.807, 2.05) is 0 Å². The van der Waals surface area contributed by atoms with Crippen molar-refractivity contribution in [1.82, 2.24) is 5.32 Å². The van der Waals surface area contributed by atoms with Crippen LogP contribution in [0.4, 0.5) is 5.69 Å². The molecule has 0 aliphatic rings. The molecule has 0 saturated heterocycles. The molecule has 6 nitrogen and oxygen atoms in total. The number of aliphatic hydroxyl groups excluding tert-OH is 1. The summed E-state index contributed by atoms with van der Waals surface area (Å²) in [6.45, 7) is 3.39. The molecule has 1 rings (SSSR count). The lowest BCUT2D eigenvalue weighted by Crippen LogP contribution is -2.34. The lowest BCUT2D eigenvalue weighted by molar-refractivity contribution is -0.385. The molecule has 0 saturated carbocycles. The molecule has 7 heteroatoms. The van der Waals surface area contributed by atoms with Crippen molar-refractivity contribution in [1.29, 1.82) is 0 Å². The van der Waals surface area contributed by atoms with Crippen molar-refractivity contribution in [2.24, 2.45) is 0 Å². The van der Waals surface area contributed by atoms with Crippen molar-refractivity contribution in [2.45, 2.75) is 32.4 Å². The van der Waals surface area contributed by atoms with Crippen LogP contribution < -0.4 is 5.32 Å². The van der Waals surface area contributed by atoms with Gasteiger partial charge in [0.15, 0.2) is 0 Å². The van der Waals surface area contributed by atoms with Crippen LogP contribution in [0.2, 0.25) is 0 Å². The Morgan fingerprint density at radius 1 is 1.47 bits per heavy atom. The molecule has 0 aliphatic carbocycles. The van der Waals surface area contributed by atoms with E-state index in [0.29, 0.717) is 10.9 Å². The van der Waals surface area contributed by atoms with Gasteiger partial charge in [-0.1, -0.05) is 15.9 Å². The van der Waals surface area contributed by atoms with Gasteiger partial charge < -0.3 is 10.4 Å². The Labute approximate surface area is 119 Å². The second-order valence-electron chi connectivity index (χ2n) is 4.41. The number of nitro benzene ring substituents is 1. The third kappa shape index (κ3) is 4.96. The van der Waals surface area contributed by atoms with Crippen molar-refractivity contribution in [2.75, 3.05) is 0 Å². The Morgan fingerprint density at radius 2 is 2.11 bits per heavy atom. The summed E-state index contributed by atoms with van der Waals surface area (Å²) in [6, 6.07) is 3.84. The predicted octanol–water partition coefficient (Wildman–Crippen LogP) is 2.25. The summed E-state index contributed by atoms with van der Waals surface area (Å²) in [4.78, 5) is 22.1. The van der Waals surface area contributed by atoms with Crippen molar-refractivity contribution < 1.29 is 14.8 Å². The summed E-state index contributed by atoms with van der Waals surface area (Å²) in [6.07, 6.45) is -0.103. The smallest absolute Gasteiger partial charge is 0.271 e. The van der Waals surface area contributed by atoms with Crippen LogP contribution in [0.5, 0.6) is 0 Å². The van der Waals surface area contributed by atoms with E-state index in [0.717, 1.165) is 0 Å². The maximum atomic E-state index is 11.9. The Bertz CT molecular complexity index is 491. The number of benzene rings is 1. The normalized spacial score (nSPS) is 13.7. The number of hydrogen-bond acceptors (Lipinski definition) is 4. The quantitative estimate of drug-likeness (QED) is 0.639. The fourth-order valence-corrected chi connectivity index (χ4v) is 2.17. The second kappa shape index (κ2) is 6.63. The van der Waals surface area contributed by atoms with E-state index < -0.39 is 16.9 Å². The predicted molar refractivity (Wildman–Crippen MR) is 74.0 cm³/mol. The minimum atomic E-state index is -0.555. The van der Waals surface area contributed by atoms with Gasteiger partial charge in [-0.3, -0.25) is 14.9 Å². The van der Waals surface area contributed by atoms with Crippen LogP contribution in [0, 0.1) is 10.1 Å². The van der Waals surface area contributed by atoms with Gasteiger partial charge in [-0.15, -0.1) is 0 Å². The Morgan fingerprint density at radius 3 is 2.63 bits per heavy atom. The molecule has 1 aromatic rings. The highest BCUT2D eigenvalue weighted by Crippen LogP contribution is 2.21. The molecule has 1 aromatic carbocycles. The topological polar surface area (TPSA) is 92.5 Å². The average molecular weight is 331 g/mol. The lowest BCUT2D eigenvalue weighted by Gasteiger charge is -2.15. The molecule has 0 radical (unpaired) electrons. The molecule has 19 heavy (non-hydrogen) atoms. The molecule has 0 heterocycles. The zero-order chi connectivity index (χ0) is 14.6. The van der Waals surface area contributed by atoms with Gasteiger partial charge in [-0.05, 0) is 26.3 Å². The van der Waals surface area contributed by atoms with Crippen LogP contribution in [-0.4, -0.2) is 28.1 Å². The molecule has 0 aliphatic heterocycles. The fraction of sp³-hybridized carbons (Fsp3) is 0.417. The number of hydrogen-bond donors (Lipinski definition) is 2. The van der Waals surface area contributed by atoms with E-state index in [9.17, 15) is 20.0 Å². The summed E-state index contributed by atoms with van der Waals surface area (Å²) >= 11 is 3.13. The molecule has 1 amide bonds. The first-order valence-corrected chi connectivity index (χ1v) is 6.52. The highest BCUT2D eigenvalue weighted by molar-refractivity contribution is 9.10. The largest absolute Gasteiger partial charge is 0.393 e. The zero-order valence-electron chi connectivity index (χ0n) is 10.6. The molecular formula is C12H15BrN2O4. The monoisotopic (exact) mass is 330 g/mol. The Balaban J connectivity index is 2.85. The SMILES string of the molecule is CC(O)CC(C)NC(=O)c1cc(Br)cc([N+](=O)[O-])c1. The first-order chi connectivity index (χ1) is 8.79. The number of non-ortho nitro benzene ring substituents is 1. The molecule has 2 unspecified atom stereocenters. The van der Waals surface area contributed by atoms with Crippen LogP contribution in [0.3, 0.4) is 0 Å². The van der Waals surface area contributed by atoms with Gasteiger partial charge in [-0.2, -0.15) is 0 Å². The number of nitrogens with zero attached hydrogens (tertiary/aromatic N) is 1. The second-order valence-corrected chi connectivity index (χ2v) is 5.33. The summed E-state index contributed by atoms with van der Waals surface area (Å²) in [5, 5.41) is 22.6. The van der Waals surface area contributed by atoms with Crippen molar-refractivity contribution in [3.8, 4) is 0 Å². The third-order valence-electron chi connectivity index (χ3n) is 2.43. The first kappa shape index (κ1) is 15.6. The summed E-state index contributed by atoms with van der Waals surface area (Å²) in [7, 11) is 0. The minimum Gasteiger partial charge on any atom is -0.393 e. The van der Waals surface area contributed by atoms with E-state index in [1.54, 1.807) is 13.8 Å². The van der Waals surface area contributed by atoms with Gasteiger partial charge in [0, 0.05) is 28.2 Å². The summed E-state index contributed by atoms with van der Waals surface area (Å²) in [5.41, 5.74) is 0.0567. The Hall–Kier alpha value is -1.47. The standard InChI is InChI=1S/C12H15BrN2O4/c1-7(3-8(2)16)14-12(17)9-4-10(13)6-11(5-9)15(18)19/h4-8,16H,3H2,1-2H3,(H,14,17). The molecule has 2 atom stereocenters. The molecule has 2 N–H and O–H groups in total. The van der Waals surface area contributed by atoms with Gasteiger partial charge in [0.05, 0.1) is 11.0 Å². The number of nitrogens with one attached hydrogen (secondary N) is 1. The van der Waals surface area contributed by atoms with E-state index in [2.05, 4.69) is 21.2 Å². The minimum absolute atomic E-state index is 0.150. The number of carbonyl (C=O) groups is 1. The fourth-order valence-electron chi connectivity index (χ4n) is 1.69. The van der Waals surface area contributed by atoms with Crippen LogP contribution in [0.15, 0.2) is 22.7 Å². The van der Waals surface area contributed by atoms with Gasteiger partial charge >= 0.3 is 0 Å². The van der Waals surface area contributed by atoms with Crippen molar-refractivity contribution >= 4 is 27.5 Å². The number of nitro groups is 1. The van der Waals surface area contributed by atoms with E-state index in [1.165, 1.54) is 18.2 Å². The number of rotatable bonds is 5. The van der Waals surface area contributed by atoms with Crippen LogP contribution in [-0.2, 0) is 0 Å². The number of halogens is 1. The number of carbonyl (C=O) groups excluding carboxylic acids is 1. The highest BCUT2D eigenvalue weighted by Gasteiger charge is 2.16. The summed E-state index contributed by atoms with van der Waals surface area (Å²) in [5.74, 6) is -0.405. The molecule has 0 aromatic heterocycles. The average Bonchev–Trinajstić information content (AvgIpc) is 2.26. The van der Waals surface area contributed by atoms with Gasteiger partial charge in [0.2, 0.25) is 0 Å². The number of amides is 1. The van der Waals surface area contributed by atoms with Gasteiger partial charge in [-0.25, -0.2) is 0 Å². The molecule has 0 bridgehead atoms. The molecule has 104 valence electrons.